The molecule has 2 heteroatoms. The third-order valence-corrected chi connectivity index (χ3v) is 9.12. The van der Waals surface area contributed by atoms with Crippen molar-refractivity contribution in [2.45, 2.75) is 74.7 Å². The molecule has 3 aromatic rings. The molecule has 0 saturated heterocycles. The summed E-state index contributed by atoms with van der Waals surface area (Å²) in [6, 6.07) is 33.7. The van der Waals surface area contributed by atoms with Crippen LogP contribution >= 0.6 is 11.8 Å². The molecule has 33 heavy (non-hydrogen) atoms. The highest BCUT2D eigenvalue weighted by molar-refractivity contribution is 8.01. The minimum absolute atomic E-state index is 0. The smallest absolute Gasteiger partial charge is 0.0909 e. The summed E-state index contributed by atoms with van der Waals surface area (Å²) in [7, 11) is 0. The van der Waals surface area contributed by atoms with Crippen molar-refractivity contribution in [1.82, 2.24) is 6.15 Å². The van der Waals surface area contributed by atoms with Crippen LogP contribution in [0.15, 0.2) is 91.0 Å². The lowest BCUT2D eigenvalue weighted by atomic mass is 9.83. The van der Waals surface area contributed by atoms with Gasteiger partial charge in [0.2, 0.25) is 0 Å². The number of hydrogen-bond acceptors (Lipinski definition) is 2. The third kappa shape index (κ3) is 6.11. The van der Waals surface area contributed by atoms with Crippen molar-refractivity contribution < 1.29 is 0 Å². The zero-order chi connectivity index (χ0) is 22.1. The fourth-order valence-corrected chi connectivity index (χ4v) is 7.46. The van der Waals surface area contributed by atoms with Crippen LogP contribution in [0.5, 0.6) is 0 Å². The summed E-state index contributed by atoms with van der Waals surface area (Å²) >= 11 is 2.24. The van der Waals surface area contributed by atoms with Crippen LogP contribution in [0.4, 0.5) is 0 Å². The van der Waals surface area contributed by atoms with Crippen LogP contribution in [0.3, 0.4) is 0 Å². The Balaban J connectivity index is 0.00000306. The van der Waals surface area contributed by atoms with Crippen LogP contribution in [0.25, 0.3) is 0 Å². The molecule has 2 atom stereocenters. The highest BCUT2D eigenvalue weighted by Crippen LogP contribution is 2.53. The predicted octanol–water partition coefficient (Wildman–Crippen LogP) is 9.40. The van der Waals surface area contributed by atoms with Gasteiger partial charge in [-0.3, -0.25) is 0 Å². The van der Waals surface area contributed by atoms with E-state index in [4.69, 9.17) is 0 Å². The monoisotopic (exact) mass is 459 g/mol. The molecule has 4 rings (SSSR count). The van der Waals surface area contributed by atoms with E-state index in [1.165, 1.54) is 74.5 Å². The largest absolute Gasteiger partial charge is 0.344 e. The Morgan fingerprint density at radius 1 is 0.667 bits per heavy atom. The summed E-state index contributed by atoms with van der Waals surface area (Å²) in [4.78, 5) is 0. The summed E-state index contributed by atoms with van der Waals surface area (Å²) in [6.45, 7) is 2.31. The lowest BCUT2D eigenvalue weighted by molar-refractivity contribution is 0.338. The Kier molecular flexibility index (Phi) is 10.1. The molecule has 176 valence electrons. The van der Waals surface area contributed by atoms with Crippen LogP contribution in [0, 0.1) is 5.92 Å². The van der Waals surface area contributed by atoms with Gasteiger partial charge in [0.1, 0.15) is 0 Å². The Hall–Kier alpha value is -2.03. The van der Waals surface area contributed by atoms with Gasteiger partial charge < -0.3 is 6.15 Å². The highest BCUT2D eigenvalue weighted by atomic mass is 32.2. The summed E-state index contributed by atoms with van der Waals surface area (Å²) in [6.07, 6.45) is 12.4. The third-order valence-electron chi connectivity index (χ3n) is 7.14. The van der Waals surface area contributed by atoms with E-state index in [-0.39, 0.29) is 10.9 Å². The molecule has 0 aliphatic heterocycles. The van der Waals surface area contributed by atoms with Gasteiger partial charge in [-0.1, -0.05) is 136 Å². The van der Waals surface area contributed by atoms with Crippen LogP contribution in [-0.4, -0.2) is 5.25 Å². The second-order valence-electron chi connectivity index (χ2n) is 9.33. The van der Waals surface area contributed by atoms with Crippen LogP contribution in [-0.2, 0) is 4.75 Å². The van der Waals surface area contributed by atoms with Gasteiger partial charge in [-0.15, -0.1) is 11.8 Å². The summed E-state index contributed by atoms with van der Waals surface area (Å²) < 4.78 is -0.173. The normalized spacial score (nSPS) is 18.5. The van der Waals surface area contributed by atoms with Crippen molar-refractivity contribution in [3.05, 3.63) is 108 Å². The Morgan fingerprint density at radius 2 is 1.15 bits per heavy atom. The first kappa shape index (κ1) is 25.6. The van der Waals surface area contributed by atoms with Gasteiger partial charge in [0.15, 0.2) is 0 Å². The summed E-state index contributed by atoms with van der Waals surface area (Å²) in [5.41, 5.74) is 4.20. The number of hydrogen-bond donors (Lipinski definition) is 1. The number of rotatable bonds is 10. The lowest BCUT2D eigenvalue weighted by Crippen LogP contribution is -2.32. The first-order valence-electron chi connectivity index (χ1n) is 12.7. The topological polar surface area (TPSA) is 35.0 Å². The van der Waals surface area contributed by atoms with Gasteiger partial charge >= 0.3 is 0 Å². The van der Waals surface area contributed by atoms with Gasteiger partial charge in [0, 0.05) is 5.25 Å². The molecule has 2 unspecified atom stereocenters. The first-order valence-corrected chi connectivity index (χ1v) is 13.6. The second-order valence-corrected chi connectivity index (χ2v) is 10.8. The zero-order valence-electron chi connectivity index (χ0n) is 20.3. The van der Waals surface area contributed by atoms with Crippen LogP contribution < -0.4 is 6.15 Å². The van der Waals surface area contributed by atoms with Crippen molar-refractivity contribution in [3.8, 4) is 0 Å². The maximum absolute atomic E-state index is 2.34. The molecule has 0 amide bonds. The Labute approximate surface area is 206 Å². The molecule has 0 heterocycles. The molecule has 1 saturated carbocycles. The number of unbranched alkanes of at least 4 members (excludes halogenated alkanes) is 3. The predicted molar refractivity (Wildman–Crippen MR) is 146 cm³/mol. The van der Waals surface area contributed by atoms with E-state index in [0.29, 0.717) is 5.25 Å². The second kappa shape index (κ2) is 13.0. The fraction of sp³-hybridized carbons (Fsp3) is 0.419. The van der Waals surface area contributed by atoms with Crippen LogP contribution in [0.2, 0.25) is 0 Å². The van der Waals surface area contributed by atoms with Crippen molar-refractivity contribution in [2.24, 2.45) is 5.92 Å². The van der Waals surface area contributed by atoms with E-state index >= 15 is 0 Å². The van der Waals surface area contributed by atoms with Crippen molar-refractivity contribution >= 4 is 11.8 Å². The highest BCUT2D eigenvalue weighted by Gasteiger charge is 2.41. The molecule has 0 spiro atoms. The van der Waals surface area contributed by atoms with Gasteiger partial charge in [0.05, 0.1) is 4.75 Å². The Bertz CT molecular complexity index is 813. The first-order chi connectivity index (χ1) is 15.8. The minimum Gasteiger partial charge on any atom is -0.344 e. The standard InChI is InChI=1S/C31H38S.H3N/c1-2-3-4-8-17-26-18-15-16-25-30(26)32-31(27-19-9-5-10-20-27,28-21-11-6-12-22-28)29-23-13-7-14-24-29;/h5-7,9-14,19-24,26,30H,2-4,8,15-18,25H2,1H3;1H3. The molecule has 1 nitrogen and oxygen atoms in total. The summed E-state index contributed by atoms with van der Waals surface area (Å²) in [5.74, 6) is 0.834. The SMILES string of the molecule is CCCCCCC1CCCCC1SC(c1ccccc1)(c1ccccc1)c1ccccc1.N. The maximum atomic E-state index is 2.34. The number of benzene rings is 3. The van der Waals surface area contributed by atoms with Crippen molar-refractivity contribution in [3.63, 3.8) is 0 Å². The molecule has 1 aliphatic carbocycles. The van der Waals surface area contributed by atoms with E-state index in [2.05, 4.69) is 110 Å². The molecule has 3 N–H and O–H groups in total. The lowest BCUT2D eigenvalue weighted by Gasteiger charge is -2.42. The zero-order valence-corrected chi connectivity index (χ0v) is 21.1. The van der Waals surface area contributed by atoms with Crippen molar-refractivity contribution in [1.29, 1.82) is 0 Å². The number of thioether (sulfide) groups is 1. The van der Waals surface area contributed by atoms with E-state index in [0.717, 1.165) is 5.92 Å². The fourth-order valence-electron chi connectivity index (χ4n) is 5.44. The van der Waals surface area contributed by atoms with Gasteiger partial charge in [-0.2, -0.15) is 0 Å². The molecule has 0 radical (unpaired) electrons. The van der Waals surface area contributed by atoms with E-state index in [1.54, 1.807) is 0 Å². The molecule has 0 aromatic heterocycles. The molecule has 1 aliphatic rings. The van der Waals surface area contributed by atoms with Gasteiger partial charge in [-0.05, 0) is 41.9 Å². The van der Waals surface area contributed by atoms with Gasteiger partial charge in [-0.25, -0.2) is 0 Å². The molecular weight excluding hydrogens is 418 g/mol. The molecule has 1 fully saturated rings. The van der Waals surface area contributed by atoms with E-state index < -0.39 is 0 Å². The summed E-state index contributed by atoms with van der Waals surface area (Å²) in [5, 5.41) is 0.700. The quantitative estimate of drug-likeness (QED) is 0.242. The van der Waals surface area contributed by atoms with E-state index in [1.807, 2.05) is 0 Å². The molecule has 3 aromatic carbocycles. The average molecular weight is 460 g/mol. The molecular formula is C31H41NS. The maximum Gasteiger partial charge on any atom is 0.0909 e. The average Bonchev–Trinajstić information content (AvgIpc) is 2.87. The minimum atomic E-state index is -0.173. The van der Waals surface area contributed by atoms with Crippen LogP contribution in [0.1, 0.15) is 81.4 Å². The Morgan fingerprint density at radius 3 is 1.64 bits per heavy atom. The van der Waals surface area contributed by atoms with Gasteiger partial charge in [0.25, 0.3) is 0 Å². The van der Waals surface area contributed by atoms with E-state index in [9.17, 15) is 0 Å². The van der Waals surface area contributed by atoms with Crippen molar-refractivity contribution in [2.75, 3.05) is 0 Å². The molecule has 0 bridgehead atoms.